The highest BCUT2D eigenvalue weighted by Crippen LogP contribution is 2.19. The van der Waals surface area contributed by atoms with Gasteiger partial charge in [-0.2, -0.15) is 5.10 Å². The fourth-order valence-corrected chi connectivity index (χ4v) is 2.76. The van der Waals surface area contributed by atoms with Crippen LogP contribution in [0.4, 0.5) is 10.5 Å². The predicted molar refractivity (Wildman–Crippen MR) is 110 cm³/mol. The lowest BCUT2D eigenvalue weighted by Gasteiger charge is -2.13. The van der Waals surface area contributed by atoms with E-state index in [1.807, 2.05) is 6.07 Å². The van der Waals surface area contributed by atoms with Crippen molar-refractivity contribution in [3.63, 3.8) is 0 Å². The summed E-state index contributed by atoms with van der Waals surface area (Å²) in [6, 6.07) is 15.0. The fraction of sp³-hybridized carbons (Fsp3) is 0.100. The number of anilines is 1. The van der Waals surface area contributed by atoms with E-state index in [-0.39, 0.29) is 11.3 Å². The summed E-state index contributed by atoms with van der Waals surface area (Å²) < 4.78 is 0.981. The molecule has 29 heavy (non-hydrogen) atoms. The van der Waals surface area contributed by atoms with E-state index in [1.54, 1.807) is 55.5 Å². The van der Waals surface area contributed by atoms with Gasteiger partial charge in [0.2, 0.25) is 5.88 Å². The topological polar surface area (TPSA) is 129 Å². The number of nitrogens with zero attached hydrogens (tertiary/aromatic N) is 2. The molecule has 1 aromatic heterocycles. The van der Waals surface area contributed by atoms with Crippen molar-refractivity contribution in [2.45, 2.75) is 13.8 Å². The molecule has 0 aliphatic carbocycles. The van der Waals surface area contributed by atoms with E-state index in [1.165, 1.54) is 6.92 Å². The van der Waals surface area contributed by atoms with Gasteiger partial charge in [0, 0.05) is 5.69 Å². The molecule has 2 aromatic carbocycles. The molecule has 0 atom stereocenters. The molecule has 0 aliphatic heterocycles. The number of aromatic amines is 1. The smallest absolute Gasteiger partial charge is 0.339 e. The molecule has 0 aliphatic rings. The number of aromatic hydroxyl groups is 1. The van der Waals surface area contributed by atoms with Gasteiger partial charge in [0.05, 0.1) is 11.4 Å². The monoisotopic (exact) mass is 393 g/mol. The van der Waals surface area contributed by atoms with Crippen LogP contribution >= 0.6 is 0 Å². The predicted octanol–water partition coefficient (Wildman–Crippen LogP) is 2.09. The molecule has 0 unspecified atom stereocenters. The summed E-state index contributed by atoms with van der Waals surface area (Å²) >= 11 is 0. The molecule has 148 valence electrons. The van der Waals surface area contributed by atoms with E-state index in [0.717, 1.165) is 10.1 Å². The highest BCUT2D eigenvalue weighted by Gasteiger charge is 2.19. The van der Waals surface area contributed by atoms with Crippen molar-refractivity contribution in [1.29, 1.82) is 0 Å². The Morgan fingerprint density at radius 1 is 1.07 bits per heavy atom. The third-order valence-corrected chi connectivity index (χ3v) is 4.16. The molecule has 1 heterocycles. The van der Waals surface area contributed by atoms with Gasteiger partial charge in [-0.3, -0.25) is 9.78 Å². The van der Waals surface area contributed by atoms with Crippen molar-refractivity contribution in [2.75, 3.05) is 5.32 Å². The zero-order valence-corrected chi connectivity index (χ0v) is 15.8. The van der Waals surface area contributed by atoms with E-state index >= 15 is 0 Å². The standard InChI is InChI=1S/C20H19N5O4/c1-12-8-6-7-11-15(12)25-18(27)16(17(26)22-20(25)29)13(2)23-24-19(28)21-14-9-4-3-5-10-14/h3-11,27H,1-2H3,(H2,21,24,28)(H,22,26,29)/b23-13+. The van der Waals surface area contributed by atoms with Gasteiger partial charge in [-0.25, -0.2) is 19.6 Å². The number of para-hydroxylation sites is 2. The quantitative estimate of drug-likeness (QED) is 0.399. The molecule has 9 nitrogen and oxygen atoms in total. The molecule has 0 spiro atoms. The van der Waals surface area contributed by atoms with Crippen LogP contribution in [0.1, 0.15) is 18.1 Å². The summed E-state index contributed by atoms with van der Waals surface area (Å²) in [4.78, 5) is 38.7. The summed E-state index contributed by atoms with van der Waals surface area (Å²) in [5, 5.41) is 17.1. The van der Waals surface area contributed by atoms with Crippen molar-refractivity contribution in [3.8, 4) is 11.6 Å². The van der Waals surface area contributed by atoms with Gasteiger partial charge in [-0.1, -0.05) is 36.4 Å². The average molecular weight is 393 g/mol. The molecule has 9 heteroatoms. The second kappa shape index (κ2) is 8.26. The molecule has 0 bridgehead atoms. The van der Waals surface area contributed by atoms with Crippen molar-refractivity contribution in [2.24, 2.45) is 5.10 Å². The van der Waals surface area contributed by atoms with Gasteiger partial charge in [0.1, 0.15) is 5.56 Å². The summed E-state index contributed by atoms with van der Waals surface area (Å²) in [6.45, 7) is 3.20. The average Bonchev–Trinajstić information content (AvgIpc) is 2.68. The van der Waals surface area contributed by atoms with Gasteiger partial charge >= 0.3 is 11.7 Å². The first-order valence-electron chi connectivity index (χ1n) is 8.69. The van der Waals surface area contributed by atoms with Crippen LogP contribution in [-0.2, 0) is 0 Å². The molecule has 4 N–H and O–H groups in total. The van der Waals surface area contributed by atoms with Gasteiger partial charge in [-0.15, -0.1) is 0 Å². The number of urea groups is 1. The molecule has 2 amide bonds. The first-order valence-corrected chi connectivity index (χ1v) is 8.69. The third kappa shape index (κ3) is 4.24. The molecule has 3 rings (SSSR count). The Balaban J connectivity index is 1.94. The number of hydrogen-bond acceptors (Lipinski definition) is 5. The van der Waals surface area contributed by atoms with Crippen LogP contribution in [0.2, 0.25) is 0 Å². The number of carbonyl (C=O) groups is 1. The summed E-state index contributed by atoms with van der Waals surface area (Å²) in [7, 11) is 0. The number of aryl methyl sites for hydroxylation is 1. The zero-order valence-electron chi connectivity index (χ0n) is 15.8. The number of hydrogen-bond donors (Lipinski definition) is 4. The lowest BCUT2D eigenvalue weighted by atomic mass is 10.1. The first kappa shape index (κ1) is 19.6. The second-order valence-corrected chi connectivity index (χ2v) is 6.21. The van der Waals surface area contributed by atoms with Crippen LogP contribution in [0.5, 0.6) is 5.88 Å². The lowest BCUT2D eigenvalue weighted by Crippen LogP contribution is -2.34. The van der Waals surface area contributed by atoms with Crippen LogP contribution in [-0.4, -0.2) is 26.4 Å². The van der Waals surface area contributed by atoms with E-state index in [4.69, 9.17) is 0 Å². The highest BCUT2D eigenvalue weighted by molar-refractivity contribution is 6.01. The number of benzene rings is 2. The van der Waals surface area contributed by atoms with E-state index in [2.05, 4.69) is 20.8 Å². The van der Waals surface area contributed by atoms with Crippen molar-refractivity contribution in [1.82, 2.24) is 15.0 Å². The lowest BCUT2D eigenvalue weighted by molar-refractivity contribution is 0.252. The summed E-state index contributed by atoms with van der Waals surface area (Å²) in [6.07, 6.45) is 0. The SMILES string of the molecule is C/C(=N\NC(=O)Nc1ccccc1)c1c(O)n(-c2ccccc2C)c(=O)[nH]c1=O. The Hall–Kier alpha value is -4.14. The van der Waals surface area contributed by atoms with Crippen LogP contribution in [0.3, 0.4) is 0 Å². The van der Waals surface area contributed by atoms with E-state index < -0.39 is 23.2 Å². The number of aromatic nitrogens is 2. The summed E-state index contributed by atoms with van der Waals surface area (Å²) in [5.41, 5.74) is 2.14. The number of H-pyrrole nitrogens is 1. The number of carbonyl (C=O) groups excluding carboxylic acids is 1. The minimum atomic E-state index is -0.816. The maximum Gasteiger partial charge on any atom is 0.339 e. The van der Waals surface area contributed by atoms with Crippen molar-refractivity contribution < 1.29 is 9.90 Å². The van der Waals surface area contributed by atoms with Crippen LogP contribution in [0, 0.1) is 6.92 Å². The molecule has 0 saturated carbocycles. The van der Waals surface area contributed by atoms with E-state index in [0.29, 0.717) is 11.4 Å². The van der Waals surface area contributed by atoms with Gasteiger partial charge in [-0.05, 0) is 37.6 Å². The molecule has 0 fully saturated rings. The van der Waals surface area contributed by atoms with Crippen molar-refractivity contribution >= 4 is 17.4 Å². The molecule has 0 radical (unpaired) electrons. The Morgan fingerprint density at radius 3 is 2.41 bits per heavy atom. The Bertz CT molecular complexity index is 1200. The maximum atomic E-state index is 12.3. The fourth-order valence-electron chi connectivity index (χ4n) is 2.76. The van der Waals surface area contributed by atoms with E-state index in [9.17, 15) is 19.5 Å². The zero-order chi connectivity index (χ0) is 21.0. The molecule has 3 aromatic rings. The normalized spacial score (nSPS) is 11.2. The first-order chi connectivity index (χ1) is 13.9. The Morgan fingerprint density at radius 2 is 1.72 bits per heavy atom. The van der Waals surface area contributed by atoms with Crippen molar-refractivity contribution in [3.05, 3.63) is 86.6 Å². The highest BCUT2D eigenvalue weighted by atomic mass is 16.3. The Kier molecular flexibility index (Phi) is 5.59. The van der Waals surface area contributed by atoms with Crippen LogP contribution < -0.4 is 22.0 Å². The van der Waals surface area contributed by atoms with Gasteiger partial charge in [0.25, 0.3) is 5.56 Å². The Labute approximate surface area is 165 Å². The molecular weight excluding hydrogens is 374 g/mol. The third-order valence-electron chi connectivity index (χ3n) is 4.16. The van der Waals surface area contributed by atoms with Crippen LogP contribution in [0.25, 0.3) is 5.69 Å². The minimum absolute atomic E-state index is 0.0225. The number of hydrazone groups is 1. The molecule has 0 saturated heterocycles. The van der Waals surface area contributed by atoms with Gasteiger partial charge < -0.3 is 10.4 Å². The minimum Gasteiger partial charge on any atom is -0.493 e. The van der Waals surface area contributed by atoms with Crippen LogP contribution in [0.15, 0.2) is 69.3 Å². The number of amides is 2. The van der Waals surface area contributed by atoms with Gasteiger partial charge in [0.15, 0.2) is 0 Å². The number of rotatable bonds is 4. The largest absolute Gasteiger partial charge is 0.493 e. The molecular formula is C20H19N5O4. The number of nitrogens with one attached hydrogen (secondary N) is 3. The maximum absolute atomic E-state index is 12.3. The second-order valence-electron chi connectivity index (χ2n) is 6.21. The summed E-state index contributed by atoms with van der Waals surface area (Å²) in [5.74, 6) is -0.570.